The fourth-order valence-corrected chi connectivity index (χ4v) is 5.50. The summed E-state index contributed by atoms with van der Waals surface area (Å²) in [6.07, 6.45) is 0. The van der Waals surface area contributed by atoms with Crippen molar-refractivity contribution in [2.24, 2.45) is 0 Å². The minimum atomic E-state index is 0.641. The Bertz CT molecular complexity index is 1640. The van der Waals surface area contributed by atoms with Gasteiger partial charge in [0.2, 0.25) is 0 Å². The van der Waals surface area contributed by atoms with E-state index in [1.165, 1.54) is 31.3 Å². The molecule has 0 saturated heterocycles. The summed E-state index contributed by atoms with van der Waals surface area (Å²) in [5, 5.41) is 2.55. The van der Waals surface area contributed by atoms with E-state index in [1.54, 1.807) is 0 Å². The molecule has 6 aromatic rings. The van der Waals surface area contributed by atoms with Crippen LogP contribution in [0.3, 0.4) is 0 Å². The summed E-state index contributed by atoms with van der Waals surface area (Å²) in [6, 6.07) is 42.2. The normalized spacial score (nSPS) is 10.9. The lowest BCUT2D eigenvalue weighted by molar-refractivity contribution is 1.29. The zero-order valence-corrected chi connectivity index (χ0v) is 19.2. The van der Waals surface area contributed by atoms with Gasteiger partial charge in [0.1, 0.15) is 0 Å². The summed E-state index contributed by atoms with van der Waals surface area (Å²) in [6.45, 7) is 7.32. The van der Waals surface area contributed by atoms with Gasteiger partial charge in [-0.1, -0.05) is 72.8 Å². The summed E-state index contributed by atoms with van der Waals surface area (Å²) in [5.41, 5.74) is 6.23. The molecule has 3 heteroatoms. The molecule has 1 heterocycles. The highest BCUT2D eigenvalue weighted by Gasteiger charge is 2.15. The molecule has 0 spiro atoms. The summed E-state index contributed by atoms with van der Waals surface area (Å²) in [5.74, 6) is 0. The van der Waals surface area contributed by atoms with Gasteiger partial charge < -0.3 is 4.90 Å². The number of rotatable bonds is 4. The van der Waals surface area contributed by atoms with Crippen molar-refractivity contribution in [2.75, 3.05) is 4.90 Å². The first kappa shape index (κ1) is 20.2. The molecule has 34 heavy (non-hydrogen) atoms. The molecular formula is C31H20N2S. The third-order valence-electron chi connectivity index (χ3n) is 6.09. The maximum atomic E-state index is 7.32. The number of fused-ring (bicyclic) bond motifs is 3. The zero-order valence-electron chi connectivity index (χ0n) is 18.3. The number of anilines is 3. The van der Waals surface area contributed by atoms with Crippen LogP contribution < -0.4 is 4.90 Å². The molecule has 160 valence electrons. The predicted octanol–water partition coefficient (Wildman–Crippen LogP) is 9.74. The van der Waals surface area contributed by atoms with Crippen LogP contribution in [0.15, 0.2) is 121 Å². The van der Waals surface area contributed by atoms with Gasteiger partial charge in [-0.2, -0.15) is 0 Å². The minimum absolute atomic E-state index is 0.641. The van der Waals surface area contributed by atoms with Crippen LogP contribution >= 0.6 is 11.3 Å². The highest BCUT2D eigenvalue weighted by atomic mass is 32.1. The molecule has 5 aromatic carbocycles. The Labute approximate surface area is 202 Å². The van der Waals surface area contributed by atoms with Gasteiger partial charge in [-0.25, -0.2) is 4.85 Å². The Balaban J connectivity index is 1.50. The van der Waals surface area contributed by atoms with E-state index >= 15 is 0 Å². The van der Waals surface area contributed by atoms with Crippen LogP contribution in [-0.2, 0) is 0 Å². The Morgan fingerprint density at radius 1 is 0.529 bits per heavy atom. The van der Waals surface area contributed by atoms with E-state index in [9.17, 15) is 0 Å². The van der Waals surface area contributed by atoms with E-state index in [0.717, 1.165) is 17.1 Å². The molecule has 1 aromatic heterocycles. The Morgan fingerprint density at radius 3 is 1.85 bits per heavy atom. The number of hydrogen-bond acceptors (Lipinski definition) is 2. The van der Waals surface area contributed by atoms with Crippen LogP contribution in [0, 0.1) is 6.57 Å². The molecular weight excluding hydrogens is 432 g/mol. The van der Waals surface area contributed by atoms with Crippen molar-refractivity contribution in [2.45, 2.75) is 0 Å². The Morgan fingerprint density at radius 2 is 1.12 bits per heavy atom. The second-order valence-electron chi connectivity index (χ2n) is 8.16. The van der Waals surface area contributed by atoms with Crippen molar-refractivity contribution >= 4 is 54.3 Å². The SMILES string of the molecule is [C-]#[N+]c1ccc(N(c2ccc(-c3ccccc3)cc2)c2ccc3sc4ccccc4c3c2)cc1. The standard InChI is InChI=1S/C31H20N2S/c1-32-24-13-17-26(18-14-24)33(25-15-11-23(12-16-25)22-7-3-2-4-8-22)27-19-20-31-29(21-27)28-9-5-6-10-30(28)34-31/h2-21H. The molecule has 0 atom stereocenters. The molecule has 0 aliphatic rings. The molecule has 2 nitrogen and oxygen atoms in total. The summed E-state index contributed by atoms with van der Waals surface area (Å²) in [4.78, 5) is 5.82. The van der Waals surface area contributed by atoms with Gasteiger partial charge in [0.05, 0.1) is 6.57 Å². The van der Waals surface area contributed by atoms with E-state index in [0.29, 0.717) is 5.69 Å². The van der Waals surface area contributed by atoms with E-state index in [1.807, 2.05) is 41.7 Å². The van der Waals surface area contributed by atoms with Gasteiger partial charge in [-0.15, -0.1) is 11.3 Å². The maximum Gasteiger partial charge on any atom is 0.187 e. The second kappa shape index (κ2) is 8.51. The lowest BCUT2D eigenvalue weighted by Crippen LogP contribution is -2.09. The van der Waals surface area contributed by atoms with Gasteiger partial charge in [0.25, 0.3) is 0 Å². The average molecular weight is 453 g/mol. The van der Waals surface area contributed by atoms with Crippen molar-refractivity contribution in [3.63, 3.8) is 0 Å². The average Bonchev–Trinajstić information content (AvgIpc) is 3.28. The topological polar surface area (TPSA) is 7.60 Å². The Kier molecular flexibility index (Phi) is 5.07. The van der Waals surface area contributed by atoms with Crippen LogP contribution in [-0.4, -0.2) is 0 Å². The third-order valence-corrected chi connectivity index (χ3v) is 7.24. The van der Waals surface area contributed by atoms with Crippen LogP contribution in [0.4, 0.5) is 22.7 Å². The number of benzene rings is 5. The van der Waals surface area contributed by atoms with Crippen molar-refractivity contribution in [1.82, 2.24) is 0 Å². The van der Waals surface area contributed by atoms with Crippen LogP contribution in [0.2, 0.25) is 0 Å². The lowest BCUT2D eigenvalue weighted by atomic mass is 10.0. The number of thiophene rings is 1. The fourth-order valence-electron chi connectivity index (χ4n) is 4.41. The van der Waals surface area contributed by atoms with Crippen molar-refractivity contribution < 1.29 is 0 Å². The molecule has 0 aliphatic heterocycles. The molecule has 0 amide bonds. The van der Waals surface area contributed by atoms with E-state index < -0.39 is 0 Å². The molecule has 0 bridgehead atoms. The smallest absolute Gasteiger partial charge is 0.187 e. The lowest BCUT2D eigenvalue weighted by Gasteiger charge is -2.26. The fraction of sp³-hybridized carbons (Fsp3) is 0. The van der Waals surface area contributed by atoms with Gasteiger partial charge in [-0.05, 0) is 59.7 Å². The first-order chi connectivity index (χ1) is 16.8. The first-order valence-electron chi connectivity index (χ1n) is 11.1. The van der Waals surface area contributed by atoms with Crippen LogP contribution in [0.5, 0.6) is 0 Å². The highest BCUT2D eigenvalue weighted by molar-refractivity contribution is 7.25. The van der Waals surface area contributed by atoms with E-state index in [4.69, 9.17) is 6.57 Å². The monoisotopic (exact) mass is 452 g/mol. The Hall–Kier alpha value is -4.39. The summed E-state index contributed by atoms with van der Waals surface area (Å²) >= 11 is 1.83. The number of hydrogen-bond donors (Lipinski definition) is 0. The molecule has 0 radical (unpaired) electrons. The zero-order chi connectivity index (χ0) is 22.9. The largest absolute Gasteiger partial charge is 0.311 e. The van der Waals surface area contributed by atoms with Gasteiger partial charge in [0, 0.05) is 37.2 Å². The second-order valence-corrected chi connectivity index (χ2v) is 9.24. The van der Waals surface area contributed by atoms with E-state index in [2.05, 4.69) is 101 Å². The van der Waals surface area contributed by atoms with Gasteiger partial charge in [0.15, 0.2) is 5.69 Å². The summed E-state index contributed by atoms with van der Waals surface area (Å²) < 4.78 is 2.59. The van der Waals surface area contributed by atoms with Crippen molar-refractivity contribution in [3.8, 4) is 11.1 Å². The van der Waals surface area contributed by atoms with E-state index in [-0.39, 0.29) is 0 Å². The maximum absolute atomic E-state index is 7.32. The van der Waals surface area contributed by atoms with Crippen molar-refractivity contribution in [3.05, 3.63) is 133 Å². The number of nitrogens with zero attached hydrogens (tertiary/aromatic N) is 2. The van der Waals surface area contributed by atoms with Crippen molar-refractivity contribution in [1.29, 1.82) is 0 Å². The minimum Gasteiger partial charge on any atom is -0.311 e. The van der Waals surface area contributed by atoms with Gasteiger partial charge >= 0.3 is 0 Å². The molecule has 0 saturated carbocycles. The molecule has 0 fully saturated rings. The van der Waals surface area contributed by atoms with Gasteiger partial charge in [-0.3, -0.25) is 0 Å². The van der Waals surface area contributed by atoms with Crippen LogP contribution in [0.25, 0.3) is 36.1 Å². The molecule has 0 aliphatic carbocycles. The molecule has 0 unspecified atom stereocenters. The highest BCUT2D eigenvalue weighted by Crippen LogP contribution is 2.41. The van der Waals surface area contributed by atoms with Crippen LogP contribution in [0.1, 0.15) is 0 Å². The predicted molar refractivity (Wildman–Crippen MR) is 146 cm³/mol. The quantitative estimate of drug-likeness (QED) is 0.242. The molecule has 0 N–H and O–H groups in total. The molecule has 6 rings (SSSR count). The third kappa shape index (κ3) is 3.61. The summed E-state index contributed by atoms with van der Waals surface area (Å²) in [7, 11) is 0. The first-order valence-corrected chi connectivity index (χ1v) is 12.0.